The summed E-state index contributed by atoms with van der Waals surface area (Å²) in [6.07, 6.45) is 2.41. The lowest BCUT2D eigenvalue weighted by molar-refractivity contribution is -0.825. The zero-order valence-corrected chi connectivity index (χ0v) is 10.5. The van der Waals surface area contributed by atoms with Crippen molar-refractivity contribution in [2.45, 2.75) is 52.1 Å². The van der Waals surface area contributed by atoms with Gasteiger partial charge < -0.3 is 10.0 Å². The first-order chi connectivity index (χ1) is 8.60. The molecule has 1 aromatic rings. The highest BCUT2D eigenvalue weighted by Crippen LogP contribution is 2.23. The van der Waals surface area contributed by atoms with Crippen LogP contribution in [-0.2, 0) is 11.3 Å². The number of nitrogens with zero attached hydrogens (tertiary/aromatic N) is 3. The molecule has 1 aromatic heterocycles. The van der Waals surface area contributed by atoms with E-state index in [9.17, 15) is 15.3 Å². The summed E-state index contributed by atoms with van der Waals surface area (Å²) in [6.45, 7) is 3.85. The van der Waals surface area contributed by atoms with Crippen molar-refractivity contribution >= 4 is 0 Å². The number of unbranched alkanes of at least 4 members (excludes halogenated alkanes) is 1. The van der Waals surface area contributed by atoms with Crippen LogP contribution in [0, 0.1) is 15.3 Å². The van der Waals surface area contributed by atoms with Crippen LogP contribution in [0.2, 0.25) is 0 Å². The highest BCUT2D eigenvalue weighted by Gasteiger charge is 2.30. The molecule has 1 rings (SSSR count). The Morgan fingerprint density at radius 1 is 1.50 bits per heavy atom. The molecule has 0 bridgehead atoms. The lowest BCUT2D eigenvalue weighted by Gasteiger charge is -2.11. The molecule has 0 N–H and O–H groups in total. The fourth-order valence-corrected chi connectivity index (χ4v) is 1.71. The van der Waals surface area contributed by atoms with Crippen molar-refractivity contribution in [3.05, 3.63) is 26.7 Å². The van der Waals surface area contributed by atoms with Gasteiger partial charge in [0.15, 0.2) is 6.10 Å². The minimum atomic E-state index is -0.916. The Morgan fingerprint density at radius 3 is 2.78 bits per heavy atom. The zero-order valence-electron chi connectivity index (χ0n) is 10.5. The van der Waals surface area contributed by atoms with Crippen molar-refractivity contribution in [3.63, 3.8) is 0 Å². The minimum absolute atomic E-state index is 0.113. The van der Waals surface area contributed by atoms with E-state index in [-0.39, 0.29) is 10.6 Å². The Morgan fingerprint density at radius 2 is 2.22 bits per heavy atom. The third kappa shape index (κ3) is 3.57. The van der Waals surface area contributed by atoms with Crippen molar-refractivity contribution in [2.75, 3.05) is 0 Å². The topological polar surface area (TPSA) is 105 Å². The normalized spacial score (nSPS) is 12.3. The van der Waals surface area contributed by atoms with E-state index in [4.69, 9.17) is 0 Å². The number of aromatic nitrogens is 2. The maximum atomic E-state index is 11.5. The molecule has 0 aromatic carbocycles. The van der Waals surface area contributed by atoms with Crippen LogP contribution in [0.25, 0.3) is 0 Å². The third-order valence-electron chi connectivity index (χ3n) is 2.55. The van der Waals surface area contributed by atoms with Crippen LogP contribution in [0.4, 0.5) is 0 Å². The molecule has 8 nitrogen and oxygen atoms in total. The van der Waals surface area contributed by atoms with Crippen LogP contribution in [0.15, 0.2) is 4.63 Å². The number of hydrogen-bond acceptors (Lipinski definition) is 6. The first-order valence-electron chi connectivity index (χ1n) is 5.99. The van der Waals surface area contributed by atoms with Crippen LogP contribution < -0.4 is 4.90 Å². The van der Waals surface area contributed by atoms with Crippen molar-refractivity contribution in [1.29, 1.82) is 0 Å². The summed E-state index contributed by atoms with van der Waals surface area (Å²) in [5.74, 6) is 0. The van der Waals surface area contributed by atoms with Crippen LogP contribution in [-0.4, -0.2) is 10.2 Å². The highest BCUT2D eigenvalue weighted by atomic mass is 17.0. The molecule has 8 heteroatoms. The second-order valence-corrected chi connectivity index (χ2v) is 3.97. The van der Waals surface area contributed by atoms with E-state index in [1.165, 1.54) is 0 Å². The lowest BCUT2D eigenvalue weighted by Crippen LogP contribution is -2.32. The van der Waals surface area contributed by atoms with Crippen LogP contribution in [0.5, 0.6) is 0 Å². The van der Waals surface area contributed by atoms with Gasteiger partial charge >= 0.3 is 0 Å². The minimum Gasteiger partial charge on any atom is -0.359 e. The van der Waals surface area contributed by atoms with Gasteiger partial charge in [0.1, 0.15) is 0 Å². The fraction of sp³-hybridized carbons (Fsp3) is 0.800. The summed E-state index contributed by atoms with van der Waals surface area (Å²) in [7, 11) is 0. The fourth-order valence-electron chi connectivity index (χ4n) is 1.71. The molecule has 0 aliphatic heterocycles. The maximum Gasteiger partial charge on any atom is 0.295 e. The summed E-state index contributed by atoms with van der Waals surface area (Å²) >= 11 is 0. The van der Waals surface area contributed by atoms with Crippen LogP contribution in [0.3, 0.4) is 0 Å². The van der Waals surface area contributed by atoms with Gasteiger partial charge in [0, 0.05) is 11.6 Å². The molecule has 1 atom stereocenters. The molecule has 102 valence electrons. The first kappa shape index (κ1) is 14.2. The number of hydrogen-bond donors (Lipinski definition) is 0. The first-order valence-corrected chi connectivity index (χ1v) is 5.99. The largest absolute Gasteiger partial charge is 0.359 e. The predicted octanol–water partition coefficient (Wildman–Crippen LogP) is 1.70. The second kappa shape index (κ2) is 6.77. The second-order valence-electron chi connectivity index (χ2n) is 3.97. The Labute approximate surface area is 104 Å². The smallest absolute Gasteiger partial charge is 0.295 e. The maximum absolute atomic E-state index is 11.5. The molecule has 0 spiro atoms. The summed E-state index contributed by atoms with van der Waals surface area (Å²) in [5.41, 5.74) is 0.550. The predicted molar refractivity (Wildman–Crippen MR) is 59.8 cm³/mol. The molecule has 0 saturated heterocycles. The van der Waals surface area contributed by atoms with Crippen LogP contribution >= 0.6 is 0 Å². The Hall–Kier alpha value is -1.86. The van der Waals surface area contributed by atoms with E-state index in [1.54, 1.807) is 0 Å². The summed E-state index contributed by atoms with van der Waals surface area (Å²) in [6, 6.07) is 0. The van der Waals surface area contributed by atoms with Gasteiger partial charge in [-0.05, 0) is 17.7 Å². The van der Waals surface area contributed by atoms with Crippen LogP contribution in [0.1, 0.15) is 57.0 Å². The van der Waals surface area contributed by atoms with Crippen molar-refractivity contribution in [1.82, 2.24) is 5.16 Å². The van der Waals surface area contributed by atoms with E-state index in [2.05, 4.69) is 14.6 Å². The van der Waals surface area contributed by atoms with E-state index < -0.39 is 11.2 Å². The monoisotopic (exact) mass is 259 g/mol. The van der Waals surface area contributed by atoms with Gasteiger partial charge in [-0.15, -0.1) is 10.1 Å². The van der Waals surface area contributed by atoms with Gasteiger partial charge in [-0.2, -0.15) is 0 Å². The van der Waals surface area contributed by atoms with Crippen molar-refractivity contribution in [2.24, 2.45) is 0 Å². The summed E-state index contributed by atoms with van der Waals surface area (Å²) in [5, 5.41) is 24.7. The molecule has 1 heterocycles. The third-order valence-corrected chi connectivity index (χ3v) is 2.55. The van der Waals surface area contributed by atoms with Gasteiger partial charge in [0.25, 0.3) is 5.09 Å². The lowest BCUT2D eigenvalue weighted by atomic mass is 10.1. The van der Waals surface area contributed by atoms with Crippen molar-refractivity contribution in [3.8, 4) is 0 Å². The van der Waals surface area contributed by atoms with Crippen molar-refractivity contribution < 1.29 is 19.5 Å². The quantitative estimate of drug-likeness (QED) is 0.399. The molecule has 0 aliphatic rings. The molecule has 0 fully saturated rings. The Kier molecular flexibility index (Phi) is 5.34. The zero-order chi connectivity index (χ0) is 13.5. The Bertz CT molecular complexity index is 393. The molecular weight excluding hydrogens is 242 g/mol. The summed E-state index contributed by atoms with van der Waals surface area (Å²) in [4.78, 5) is 15.2. The van der Waals surface area contributed by atoms with E-state index in [0.717, 1.165) is 12.8 Å². The van der Waals surface area contributed by atoms with Gasteiger partial charge in [0.05, 0.1) is 0 Å². The molecule has 0 radical (unpaired) electrons. The van der Waals surface area contributed by atoms with Gasteiger partial charge in [0.2, 0.25) is 11.4 Å². The van der Waals surface area contributed by atoms with E-state index >= 15 is 0 Å². The van der Waals surface area contributed by atoms with Gasteiger partial charge in [-0.1, -0.05) is 26.7 Å². The molecule has 18 heavy (non-hydrogen) atoms. The average Bonchev–Trinajstić information content (AvgIpc) is 2.66. The molecule has 0 amide bonds. The number of aryl methyl sites for hydroxylation is 1. The molecular formula is C10H17N3O5. The standard InChI is InChI=1S/C10H17N3O5/c1-3-5-7-8-10(12(14)18-11-8)9(6-4-2)17-13(15)16/h9H,3-7H2,1-2H3. The van der Waals surface area contributed by atoms with Gasteiger partial charge in [-0.25, -0.2) is 0 Å². The number of rotatable bonds is 8. The summed E-state index contributed by atoms with van der Waals surface area (Å²) < 4.78 is 4.51. The van der Waals surface area contributed by atoms with Gasteiger partial charge in [-0.3, -0.25) is 4.63 Å². The average molecular weight is 259 g/mol. The molecule has 0 aliphatic carbocycles. The Balaban J connectivity index is 2.93. The van der Waals surface area contributed by atoms with E-state index in [0.29, 0.717) is 25.0 Å². The molecule has 0 saturated carbocycles. The highest BCUT2D eigenvalue weighted by molar-refractivity contribution is 5.07. The SMILES string of the molecule is CCCCc1no[n+]([O-])c1C(CCC)O[N+](=O)[O-]. The molecule has 1 unspecified atom stereocenters. The van der Waals surface area contributed by atoms with E-state index in [1.807, 2.05) is 13.8 Å².